The topological polar surface area (TPSA) is 50.7 Å². The van der Waals surface area contributed by atoms with Crippen molar-refractivity contribution in [3.05, 3.63) is 62.8 Å². The van der Waals surface area contributed by atoms with Crippen molar-refractivity contribution in [3.8, 4) is 5.75 Å². The summed E-state index contributed by atoms with van der Waals surface area (Å²) in [5, 5.41) is 12.3. The summed E-state index contributed by atoms with van der Waals surface area (Å²) in [6.45, 7) is 2.41. The monoisotopic (exact) mass is 431 g/mol. The molecular weight excluding hydrogens is 413 g/mol. The lowest BCUT2D eigenvalue weighted by atomic mass is 10.2. The largest absolute Gasteiger partial charge is 0.489 e. The van der Waals surface area contributed by atoms with Crippen molar-refractivity contribution in [2.45, 2.75) is 13.2 Å². The first kappa shape index (κ1) is 20.1. The van der Waals surface area contributed by atoms with Gasteiger partial charge < -0.3 is 19.9 Å². The second-order valence-corrected chi connectivity index (χ2v) is 6.61. The lowest BCUT2D eigenvalue weighted by Crippen LogP contribution is -2.20. The van der Waals surface area contributed by atoms with Gasteiger partial charge in [0, 0.05) is 28.7 Å². The molecule has 7 heteroatoms. The van der Waals surface area contributed by atoms with Gasteiger partial charge in [-0.3, -0.25) is 0 Å². The van der Waals surface area contributed by atoms with Gasteiger partial charge in [-0.25, -0.2) is 4.39 Å². The number of rotatable bonds is 10. The zero-order chi connectivity index (χ0) is 18.1. The Bertz CT molecular complexity index is 687. The molecule has 0 aliphatic rings. The molecule has 0 aromatic heterocycles. The summed E-state index contributed by atoms with van der Waals surface area (Å²) in [5.41, 5.74) is 1.71. The van der Waals surface area contributed by atoms with E-state index in [1.54, 1.807) is 6.07 Å². The van der Waals surface area contributed by atoms with Crippen molar-refractivity contribution < 1.29 is 19.0 Å². The number of benzene rings is 2. The fraction of sp³-hybridized carbons (Fsp3) is 0.333. The minimum atomic E-state index is -0.370. The number of ether oxygens (including phenoxy) is 2. The molecule has 0 unspecified atom stereocenters. The van der Waals surface area contributed by atoms with E-state index in [9.17, 15) is 4.39 Å². The number of hydrogen-bond acceptors (Lipinski definition) is 4. The van der Waals surface area contributed by atoms with Crippen molar-refractivity contribution in [2.75, 3.05) is 26.4 Å². The quantitative estimate of drug-likeness (QED) is 0.559. The highest BCUT2D eigenvalue weighted by atomic mass is 79.9. The van der Waals surface area contributed by atoms with Gasteiger partial charge in [0.05, 0.1) is 24.8 Å². The molecule has 0 amide bonds. The molecule has 0 heterocycles. The first-order valence-corrected chi connectivity index (χ1v) is 9.01. The first-order valence-electron chi connectivity index (χ1n) is 7.84. The number of halogens is 3. The molecule has 0 atom stereocenters. The van der Waals surface area contributed by atoms with E-state index in [1.165, 1.54) is 12.1 Å². The molecule has 0 aliphatic carbocycles. The highest BCUT2D eigenvalue weighted by Gasteiger charge is 2.07. The van der Waals surface area contributed by atoms with Crippen molar-refractivity contribution in [1.29, 1.82) is 0 Å². The Labute approximate surface area is 160 Å². The van der Waals surface area contributed by atoms with Gasteiger partial charge in [-0.05, 0) is 30.3 Å². The zero-order valence-electron chi connectivity index (χ0n) is 13.6. The Morgan fingerprint density at radius 2 is 1.96 bits per heavy atom. The Kier molecular flexibility index (Phi) is 8.64. The first-order chi connectivity index (χ1) is 12.1. The maximum Gasteiger partial charge on any atom is 0.124 e. The van der Waals surface area contributed by atoms with Crippen LogP contribution in [0.25, 0.3) is 0 Å². The molecule has 25 heavy (non-hydrogen) atoms. The van der Waals surface area contributed by atoms with Gasteiger partial charge >= 0.3 is 0 Å². The summed E-state index contributed by atoms with van der Waals surface area (Å²) >= 11 is 9.49. The summed E-state index contributed by atoms with van der Waals surface area (Å²) in [6.07, 6.45) is 0. The van der Waals surface area contributed by atoms with Crippen molar-refractivity contribution in [2.24, 2.45) is 0 Å². The van der Waals surface area contributed by atoms with E-state index in [2.05, 4.69) is 21.2 Å². The summed E-state index contributed by atoms with van der Waals surface area (Å²) in [7, 11) is 0. The van der Waals surface area contributed by atoms with Gasteiger partial charge in [0.15, 0.2) is 0 Å². The molecule has 0 bridgehead atoms. The van der Waals surface area contributed by atoms with Crippen molar-refractivity contribution in [3.63, 3.8) is 0 Å². The standard InChI is InChI=1S/C18H20BrClFNO3/c19-15-2-4-18(14(9-15)11-22-5-7-24-8-6-23)25-12-13-1-3-16(21)10-17(13)20/h1-4,9-10,22-23H,5-8,11-12H2. The molecule has 0 saturated carbocycles. The van der Waals surface area contributed by atoms with Crippen molar-refractivity contribution in [1.82, 2.24) is 5.32 Å². The van der Waals surface area contributed by atoms with Crippen molar-refractivity contribution >= 4 is 27.5 Å². The SMILES string of the molecule is OCCOCCNCc1cc(Br)ccc1OCc1ccc(F)cc1Cl. The van der Waals surface area contributed by atoms with Gasteiger partial charge in [-0.15, -0.1) is 0 Å². The van der Waals surface area contributed by atoms with E-state index in [1.807, 2.05) is 18.2 Å². The third-order valence-electron chi connectivity index (χ3n) is 3.40. The van der Waals surface area contributed by atoms with Crippen LogP contribution in [0, 0.1) is 5.82 Å². The van der Waals surface area contributed by atoms with E-state index in [0.29, 0.717) is 31.3 Å². The van der Waals surface area contributed by atoms with Crippen LogP contribution in [-0.4, -0.2) is 31.5 Å². The second kappa shape index (κ2) is 10.7. The summed E-state index contributed by atoms with van der Waals surface area (Å²) in [6, 6.07) is 10.0. The predicted molar refractivity (Wildman–Crippen MR) is 99.5 cm³/mol. The van der Waals surface area contributed by atoms with Crippen LogP contribution in [-0.2, 0) is 17.9 Å². The van der Waals surface area contributed by atoms with Crippen LogP contribution >= 0.6 is 27.5 Å². The number of aliphatic hydroxyl groups is 1. The fourth-order valence-electron chi connectivity index (χ4n) is 2.16. The Morgan fingerprint density at radius 1 is 1.12 bits per heavy atom. The summed E-state index contributed by atoms with van der Waals surface area (Å²) in [4.78, 5) is 0. The zero-order valence-corrected chi connectivity index (χ0v) is 15.9. The molecule has 2 aromatic rings. The van der Waals surface area contributed by atoms with Gasteiger partial charge in [0.1, 0.15) is 18.2 Å². The van der Waals surface area contributed by atoms with E-state index in [0.717, 1.165) is 21.3 Å². The van der Waals surface area contributed by atoms with Gasteiger partial charge in [0.2, 0.25) is 0 Å². The maximum absolute atomic E-state index is 13.1. The lowest BCUT2D eigenvalue weighted by Gasteiger charge is -2.14. The minimum absolute atomic E-state index is 0.0234. The van der Waals surface area contributed by atoms with Gasteiger partial charge in [-0.1, -0.05) is 33.6 Å². The van der Waals surface area contributed by atoms with E-state index in [-0.39, 0.29) is 19.0 Å². The molecule has 0 fully saturated rings. The van der Waals surface area contributed by atoms with Crippen LogP contribution in [0.4, 0.5) is 4.39 Å². The Balaban J connectivity index is 1.93. The Morgan fingerprint density at radius 3 is 2.72 bits per heavy atom. The van der Waals surface area contributed by atoms with Crippen LogP contribution in [0.2, 0.25) is 5.02 Å². The predicted octanol–water partition coefficient (Wildman–Crippen LogP) is 3.92. The molecule has 2 rings (SSSR count). The third kappa shape index (κ3) is 6.92. The van der Waals surface area contributed by atoms with Crippen LogP contribution < -0.4 is 10.1 Å². The molecule has 4 nitrogen and oxygen atoms in total. The van der Waals surface area contributed by atoms with Gasteiger partial charge in [0.25, 0.3) is 0 Å². The van der Waals surface area contributed by atoms with Crippen LogP contribution in [0.5, 0.6) is 5.75 Å². The van der Waals surface area contributed by atoms with E-state index in [4.69, 9.17) is 26.2 Å². The average Bonchev–Trinajstić information content (AvgIpc) is 2.58. The minimum Gasteiger partial charge on any atom is -0.489 e. The summed E-state index contributed by atoms with van der Waals surface area (Å²) < 4.78 is 25.1. The Hall–Kier alpha value is -1.18. The molecule has 136 valence electrons. The number of nitrogens with one attached hydrogen (secondary N) is 1. The molecule has 0 spiro atoms. The van der Waals surface area contributed by atoms with Gasteiger partial charge in [-0.2, -0.15) is 0 Å². The van der Waals surface area contributed by atoms with E-state index >= 15 is 0 Å². The maximum atomic E-state index is 13.1. The summed E-state index contributed by atoms with van der Waals surface area (Å²) in [5.74, 6) is 0.359. The molecule has 2 N–H and O–H groups in total. The number of aliphatic hydroxyl groups excluding tert-OH is 1. The highest BCUT2D eigenvalue weighted by molar-refractivity contribution is 9.10. The fourth-order valence-corrected chi connectivity index (χ4v) is 2.79. The average molecular weight is 433 g/mol. The van der Waals surface area contributed by atoms with Crippen LogP contribution in [0.1, 0.15) is 11.1 Å². The van der Waals surface area contributed by atoms with Crippen LogP contribution in [0.3, 0.4) is 0 Å². The third-order valence-corrected chi connectivity index (χ3v) is 4.24. The van der Waals surface area contributed by atoms with Crippen LogP contribution in [0.15, 0.2) is 40.9 Å². The number of hydrogen-bond donors (Lipinski definition) is 2. The smallest absolute Gasteiger partial charge is 0.124 e. The molecular formula is C18H20BrClFNO3. The normalized spacial score (nSPS) is 10.9. The second-order valence-electron chi connectivity index (χ2n) is 5.29. The lowest BCUT2D eigenvalue weighted by molar-refractivity contribution is 0.0937. The van der Waals surface area contributed by atoms with E-state index < -0.39 is 0 Å². The highest BCUT2D eigenvalue weighted by Crippen LogP contribution is 2.25. The molecule has 0 aliphatic heterocycles. The molecule has 0 radical (unpaired) electrons. The molecule has 2 aromatic carbocycles. The molecule has 0 saturated heterocycles.